The van der Waals surface area contributed by atoms with E-state index in [0.29, 0.717) is 5.92 Å². The molecule has 0 aliphatic heterocycles. The smallest absolute Gasteiger partial charge is 0.00171 e. The van der Waals surface area contributed by atoms with Crippen molar-refractivity contribution >= 4 is 0 Å². The Hall–Kier alpha value is -0.820. The molecular formula is C18H31N. The van der Waals surface area contributed by atoms with Gasteiger partial charge in [0.1, 0.15) is 0 Å². The second kappa shape index (κ2) is 10.0. The fourth-order valence-corrected chi connectivity index (χ4v) is 2.73. The summed E-state index contributed by atoms with van der Waals surface area (Å²) in [5.74, 6) is 0.677. The van der Waals surface area contributed by atoms with Crippen LogP contribution in [-0.4, -0.2) is 13.6 Å². The molecule has 1 N–H and O–H groups in total. The molecule has 108 valence electrons. The fourth-order valence-electron chi connectivity index (χ4n) is 2.73. The summed E-state index contributed by atoms with van der Waals surface area (Å²) in [5.41, 5.74) is 2.88. The Morgan fingerprint density at radius 3 is 2.47 bits per heavy atom. The molecule has 0 bridgehead atoms. The summed E-state index contributed by atoms with van der Waals surface area (Å²) in [6.45, 7) is 5.56. The zero-order valence-electron chi connectivity index (χ0n) is 13.0. The van der Waals surface area contributed by atoms with Crippen LogP contribution in [0.4, 0.5) is 0 Å². The second-order valence-corrected chi connectivity index (χ2v) is 5.73. The summed E-state index contributed by atoms with van der Waals surface area (Å²) in [5, 5.41) is 3.35. The molecule has 1 aromatic rings. The molecular weight excluding hydrogens is 230 g/mol. The molecule has 1 rings (SSSR count). The van der Waals surface area contributed by atoms with Crippen molar-refractivity contribution in [1.82, 2.24) is 5.32 Å². The van der Waals surface area contributed by atoms with Gasteiger partial charge in [-0.1, -0.05) is 75.3 Å². The van der Waals surface area contributed by atoms with Gasteiger partial charge in [0, 0.05) is 6.54 Å². The molecule has 0 saturated heterocycles. The van der Waals surface area contributed by atoms with Crippen LogP contribution in [0.1, 0.15) is 68.9 Å². The predicted molar refractivity (Wildman–Crippen MR) is 85.8 cm³/mol. The highest BCUT2D eigenvalue weighted by molar-refractivity contribution is 5.25. The molecule has 1 atom stereocenters. The first-order chi connectivity index (χ1) is 9.27. The summed E-state index contributed by atoms with van der Waals surface area (Å²) < 4.78 is 0. The van der Waals surface area contributed by atoms with Crippen molar-refractivity contribution in [1.29, 1.82) is 0 Å². The Morgan fingerprint density at radius 2 is 1.79 bits per heavy atom. The van der Waals surface area contributed by atoms with Crippen molar-refractivity contribution in [3.63, 3.8) is 0 Å². The zero-order chi connectivity index (χ0) is 13.9. The fraction of sp³-hybridized carbons (Fsp3) is 0.667. The van der Waals surface area contributed by atoms with E-state index >= 15 is 0 Å². The Morgan fingerprint density at radius 1 is 1.05 bits per heavy atom. The van der Waals surface area contributed by atoms with Gasteiger partial charge in [-0.2, -0.15) is 0 Å². The molecule has 0 aliphatic carbocycles. The van der Waals surface area contributed by atoms with Crippen molar-refractivity contribution in [2.75, 3.05) is 13.6 Å². The van der Waals surface area contributed by atoms with E-state index in [0.717, 1.165) is 6.54 Å². The standard InChI is InChI=1S/C18H31N/c1-4-5-6-7-8-9-12-18(15-19-3)17-13-10-11-16(2)14-17/h10-11,13-14,18-19H,4-9,12,15H2,1-3H3. The zero-order valence-corrected chi connectivity index (χ0v) is 13.0. The maximum atomic E-state index is 3.35. The van der Waals surface area contributed by atoms with Gasteiger partial charge < -0.3 is 5.32 Å². The molecule has 19 heavy (non-hydrogen) atoms. The number of hydrogen-bond acceptors (Lipinski definition) is 1. The van der Waals surface area contributed by atoms with Crippen LogP contribution in [0.2, 0.25) is 0 Å². The van der Waals surface area contributed by atoms with Gasteiger partial charge in [-0.3, -0.25) is 0 Å². The quantitative estimate of drug-likeness (QED) is 0.581. The second-order valence-electron chi connectivity index (χ2n) is 5.73. The lowest BCUT2D eigenvalue weighted by atomic mass is 9.92. The molecule has 1 unspecified atom stereocenters. The number of aryl methyl sites for hydroxylation is 1. The number of likely N-dealkylation sites (N-methyl/N-ethyl adjacent to an activating group) is 1. The van der Waals surface area contributed by atoms with Gasteiger partial charge in [-0.15, -0.1) is 0 Å². The van der Waals surface area contributed by atoms with Crippen molar-refractivity contribution < 1.29 is 0 Å². The van der Waals surface area contributed by atoms with Gasteiger partial charge in [-0.05, 0) is 31.9 Å². The normalized spacial score (nSPS) is 12.6. The third-order valence-corrected chi connectivity index (χ3v) is 3.87. The average Bonchev–Trinajstić information content (AvgIpc) is 2.41. The number of nitrogens with one attached hydrogen (secondary N) is 1. The number of hydrogen-bond donors (Lipinski definition) is 1. The summed E-state index contributed by atoms with van der Waals surface area (Å²) in [6, 6.07) is 9.00. The minimum absolute atomic E-state index is 0.677. The van der Waals surface area contributed by atoms with Crippen molar-refractivity contribution in [2.45, 2.75) is 64.7 Å². The van der Waals surface area contributed by atoms with E-state index in [1.54, 1.807) is 0 Å². The van der Waals surface area contributed by atoms with E-state index in [4.69, 9.17) is 0 Å². The van der Waals surface area contributed by atoms with Crippen LogP contribution in [0.5, 0.6) is 0 Å². The summed E-state index contributed by atoms with van der Waals surface area (Å²) in [4.78, 5) is 0. The molecule has 0 spiro atoms. The Labute approximate surface area is 119 Å². The third kappa shape index (κ3) is 6.77. The SMILES string of the molecule is CCCCCCCCC(CNC)c1cccc(C)c1. The van der Waals surface area contributed by atoms with Crippen LogP contribution in [0.25, 0.3) is 0 Å². The average molecular weight is 261 g/mol. The predicted octanol–water partition coefficient (Wildman–Crippen LogP) is 5.05. The molecule has 1 heteroatoms. The van der Waals surface area contributed by atoms with E-state index in [2.05, 4.69) is 50.5 Å². The van der Waals surface area contributed by atoms with Gasteiger partial charge >= 0.3 is 0 Å². The van der Waals surface area contributed by atoms with Crippen LogP contribution in [0.3, 0.4) is 0 Å². The van der Waals surface area contributed by atoms with Crippen molar-refractivity contribution in [2.24, 2.45) is 0 Å². The first-order valence-electron chi connectivity index (χ1n) is 7.99. The highest BCUT2D eigenvalue weighted by Gasteiger charge is 2.10. The maximum Gasteiger partial charge on any atom is 0.00171 e. The lowest BCUT2D eigenvalue weighted by Gasteiger charge is -2.17. The number of rotatable bonds is 10. The van der Waals surface area contributed by atoms with E-state index in [-0.39, 0.29) is 0 Å². The van der Waals surface area contributed by atoms with Crippen LogP contribution in [0.15, 0.2) is 24.3 Å². The first kappa shape index (κ1) is 16.2. The molecule has 0 aliphatic rings. The highest BCUT2D eigenvalue weighted by Crippen LogP contribution is 2.23. The van der Waals surface area contributed by atoms with Crippen molar-refractivity contribution in [3.05, 3.63) is 35.4 Å². The Kier molecular flexibility index (Phi) is 8.57. The molecule has 0 amide bonds. The van der Waals surface area contributed by atoms with Crippen LogP contribution in [0, 0.1) is 6.92 Å². The largest absolute Gasteiger partial charge is 0.319 e. The monoisotopic (exact) mass is 261 g/mol. The maximum absolute atomic E-state index is 3.35. The van der Waals surface area contributed by atoms with Crippen LogP contribution >= 0.6 is 0 Å². The Balaban J connectivity index is 2.36. The number of unbranched alkanes of at least 4 members (excludes halogenated alkanes) is 5. The van der Waals surface area contributed by atoms with E-state index in [1.807, 2.05) is 0 Å². The van der Waals surface area contributed by atoms with E-state index < -0.39 is 0 Å². The molecule has 1 nitrogen and oxygen atoms in total. The lowest BCUT2D eigenvalue weighted by Crippen LogP contribution is -2.17. The number of benzene rings is 1. The molecule has 1 aromatic carbocycles. The molecule has 0 heterocycles. The molecule has 0 aromatic heterocycles. The molecule has 0 saturated carbocycles. The topological polar surface area (TPSA) is 12.0 Å². The highest BCUT2D eigenvalue weighted by atomic mass is 14.8. The van der Waals surface area contributed by atoms with Gasteiger partial charge in [0.2, 0.25) is 0 Å². The van der Waals surface area contributed by atoms with Gasteiger partial charge in [-0.25, -0.2) is 0 Å². The third-order valence-electron chi connectivity index (χ3n) is 3.87. The Bertz CT molecular complexity index is 332. The lowest BCUT2D eigenvalue weighted by molar-refractivity contribution is 0.522. The summed E-state index contributed by atoms with van der Waals surface area (Å²) >= 11 is 0. The van der Waals surface area contributed by atoms with E-state index in [1.165, 1.54) is 56.1 Å². The van der Waals surface area contributed by atoms with Gasteiger partial charge in [0.15, 0.2) is 0 Å². The molecule has 0 fully saturated rings. The van der Waals surface area contributed by atoms with E-state index in [9.17, 15) is 0 Å². The van der Waals surface area contributed by atoms with Gasteiger partial charge in [0.05, 0.1) is 0 Å². The van der Waals surface area contributed by atoms with Crippen molar-refractivity contribution in [3.8, 4) is 0 Å². The van der Waals surface area contributed by atoms with Crippen LogP contribution in [-0.2, 0) is 0 Å². The van der Waals surface area contributed by atoms with Crippen LogP contribution < -0.4 is 5.32 Å². The summed E-state index contributed by atoms with van der Waals surface area (Å²) in [6.07, 6.45) is 9.64. The summed E-state index contributed by atoms with van der Waals surface area (Å²) in [7, 11) is 2.06. The first-order valence-corrected chi connectivity index (χ1v) is 7.99. The molecule has 0 radical (unpaired) electrons. The van der Waals surface area contributed by atoms with Gasteiger partial charge in [0.25, 0.3) is 0 Å². The minimum atomic E-state index is 0.677. The minimum Gasteiger partial charge on any atom is -0.319 e.